The van der Waals surface area contributed by atoms with Gasteiger partial charge in [-0.15, -0.1) is 0 Å². The molecule has 0 saturated carbocycles. The van der Waals surface area contributed by atoms with Crippen molar-refractivity contribution in [1.82, 2.24) is 0 Å². The summed E-state index contributed by atoms with van der Waals surface area (Å²) in [6.07, 6.45) is 0. The Hall–Kier alpha value is -2.17. The van der Waals surface area contributed by atoms with Gasteiger partial charge in [0.1, 0.15) is 17.3 Å². The maximum absolute atomic E-state index is 12.2. The molecule has 19 heavy (non-hydrogen) atoms. The predicted molar refractivity (Wildman–Crippen MR) is 64.7 cm³/mol. The van der Waals surface area contributed by atoms with Crippen molar-refractivity contribution in [3.63, 3.8) is 0 Å². The highest BCUT2D eigenvalue weighted by molar-refractivity contribution is 6.09. The zero-order valence-corrected chi connectivity index (χ0v) is 10.4. The van der Waals surface area contributed by atoms with Crippen LogP contribution in [0.25, 0.3) is 0 Å². The van der Waals surface area contributed by atoms with Gasteiger partial charge in [-0.05, 0) is 44.2 Å². The summed E-state index contributed by atoms with van der Waals surface area (Å²) in [4.78, 5) is 12.2. The van der Waals surface area contributed by atoms with E-state index >= 15 is 0 Å². The first-order chi connectivity index (χ1) is 8.97. The molecule has 0 atom stereocenters. The van der Waals surface area contributed by atoms with Crippen LogP contribution in [0.2, 0.25) is 0 Å². The van der Waals surface area contributed by atoms with Crippen LogP contribution < -0.4 is 4.74 Å². The van der Waals surface area contributed by atoms with Crippen molar-refractivity contribution >= 4 is 5.78 Å². The molecule has 0 aliphatic carbocycles. The molecule has 0 aliphatic heterocycles. The number of furan rings is 1. The third-order valence-electron chi connectivity index (χ3n) is 2.63. The predicted octanol–water partition coefficient (Wildman–Crippen LogP) is 3.73. The van der Waals surface area contributed by atoms with Crippen molar-refractivity contribution in [1.29, 1.82) is 0 Å². The number of ketones is 1. The molecule has 0 N–H and O–H groups in total. The number of benzene rings is 1. The topological polar surface area (TPSA) is 39.4 Å². The molecule has 0 fully saturated rings. The normalized spacial score (nSPS) is 10.8. The molecular weight excluding hydrogens is 254 g/mol. The van der Waals surface area contributed by atoms with E-state index < -0.39 is 6.61 Å². The fraction of sp³-hybridized carbons (Fsp3) is 0.214. The first-order valence-corrected chi connectivity index (χ1v) is 5.64. The molecule has 0 saturated heterocycles. The van der Waals surface area contributed by atoms with Crippen LogP contribution in [0.3, 0.4) is 0 Å². The summed E-state index contributed by atoms with van der Waals surface area (Å²) in [5.41, 5.74) is 0.866. The summed E-state index contributed by atoms with van der Waals surface area (Å²) < 4.78 is 33.5. The summed E-state index contributed by atoms with van der Waals surface area (Å²) >= 11 is 0. The number of hydrogen-bond donors (Lipinski definition) is 0. The van der Waals surface area contributed by atoms with E-state index in [0.717, 1.165) is 0 Å². The van der Waals surface area contributed by atoms with Gasteiger partial charge in [-0.3, -0.25) is 4.79 Å². The van der Waals surface area contributed by atoms with Crippen molar-refractivity contribution in [2.75, 3.05) is 0 Å². The monoisotopic (exact) mass is 266 g/mol. The van der Waals surface area contributed by atoms with Crippen LogP contribution in [0.15, 0.2) is 34.7 Å². The number of hydrogen-bond acceptors (Lipinski definition) is 3. The zero-order chi connectivity index (χ0) is 14.0. The Morgan fingerprint density at radius 2 is 1.84 bits per heavy atom. The van der Waals surface area contributed by atoms with Gasteiger partial charge in [0, 0.05) is 5.56 Å². The van der Waals surface area contributed by atoms with Crippen molar-refractivity contribution in [3.8, 4) is 5.75 Å². The molecular formula is C14H12F2O3. The smallest absolute Gasteiger partial charge is 0.387 e. The maximum atomic E-state index is 12.2. The van der Waals surface area contributed by atoms with Crippen LogP contribution in [0, 0.1) is 13.8 Å². The first-order valence-electron chi connectivity index (χ1n) is 5.64. The molecule has 100 valence electrons. The van der Waals surface area contributed by atoms with E-state index in [9.17, 15) is 13.6 Å². The molecule has 0 aliphatic rings. The van der Waals surface area contributed by atoms with E-state index in [4.69, 9.17) is 4.42 Å². The molecule has 0 radical (unpaired) electrons. The average Bonchev–Trinajstić information content (AvgIpc) is 2.68. The van der Waals surface area contributed by atoms with Gasteiger partial charge >= 0.3 is 6.61 Å². The Labute approximate surface area is 108 Å². The van der Waals surface area contributed by atoms with Crippen molar-refractivity contribution in [2.24, 2.45) is 0 Å². The van der Waals surface area contributed by atoms with Gasteiger partial charge in [0.2, 0.25) is 0 Å². The second-order valence-corrected chi connectivity index (χ2v) is 4.06. The largest absolute Gasteiger partial charge is 0.466 e. The number of carbonyl (C=O) groups excluding carboxylic acids is 1. The number of aryl methyl sites for hydroxylation is 2. The maximum Gasteiger partial charge on any atom is 0.387 e. The molecule has 0 unspecified atom stereocenters. The second kappa shape index (κ2) is 5.22. The van der Waals surface area contributed by atoms with E-state index in [1.54, 1.807) is 19.9 Å². The van der Waals surface area contributed by atoms with Crippen molar-refractivity contribution in [3.05, 3.63) is 53.0 Å². The van der Waals surface area contributed by atoms with Crippen molar-refractivity contribution < 1.29 is 22.7 Å². The lowest BCUT2D eigenvalue weighted by Gasteiger charge is -2.05. The summed E-state index contributed by atoms with van der Waals surface area (Å²) in [7, 11) is 0. The molecule has 0 spiro atoms. The third kappa shape index (κ3) is 2.99. The van der Waals surface area contributed by atoms with Gasteiger partial charge in [-0.2, -0.15) is 8.78 Å². The molecule has 0 amide bonds. The van der Waals surface area contributed by atoms with Crippen LogP contribution >= 0.6 is 0 Å². The number of alkyl halides is 2. The van der Waals surface area contributed by atoms with Crippen LogP contribution in [0.4, 0.5) is 8.78 Å². The summed E-state index contributed by atoms with van der Waals surface area (Å²) in [5, 5.41) is 0. The first kappa shape index (κ1) is 13.3. The third-order valence-corrected chi connectivity index (χ3v) is 2.63. The van der Waals surface area contributed by atoms with Gasteiger partial charge < -0.3 is 9.15 Å². The van der Waals surface area contributed by atoms with Crippen LogP contribution in [-0.2, 0) is 0 Å². The number of halogens is 2. The highest BCUT2D eigenvalue weighted by Gasteiger charge is 2.15. The molecule has 2 rings (SSSR count). The highest BCUT2D eigenvalue weighted by Crippen LogP contribution is 2.20. The zero-order valence-electron chi connectivity index (χ0n) is 10.4. The molecule has 1 aromatic heterocycles. The highest BCUT2D eigenvalue weighted by atomic mass is 19.3. The molecule has 5 heteroatoms. The van der Waals surface area contributed by atoms with E-state index in [2.05, 4.69) is 4.74 Å². The Morgan fingerprint density at radius 3 is 2.32 bits per heavy atom. The fourth-order valence-corrected chi connectivity index (χ4v) is 1.80. The van der Waals surface area contributed by atoms with Crippen molar-refractivity contribution in [2.45, 2.75) is 20.5 Å². The lowest BCUT2D eigenvalue weighted by molar-refractivity contribution is -0.0498. The SMILES string of the molecule is Cc1cc(C(=O)c2ccc(OC(F)F)cc2)c(C)o1. The number of carbonyl (C=O) groups is 1. The quantitative estimate of drug-likeness (QED) is 0.791. The van der Waals surface area contributed by atoms with Gasteiger partial charge in [0.05, 0.1) is 5.56 Å². The van der Waals surface area contributed by atoms with Crippen LogP contribution in [-0.4, -0.2) is 12.4 Å². The van der Waals surface area contributed by atoms with E-state index in [0.29, 0.717) is 22.6 Å². The lowest BCUT2D eigenvalue weighted by Crippen LogP contribution is -2.04. The Bertz CT molecular complexity index is 585. The minimum Gasteiger partial charge on any atom is -0.466 e. The van der Waals surface area contributed by atoms with Crippen LogP contribution in [0.5, 0.6) is 5.75 Å². The summed E-state index contributed by atoms with van der Waals surface area (Å²) in [5.74, 6) is 0.999. The standard InChI is InChI=1S/C14H12F2O3/c1-8-7-12(9(2)18-8)13(17)10-3-5-11(6-4-10)19-14(15)16/h3-7,14H,1-2H3. The Balaban J connectivity index is 2.22. The minimum atomic E-state index is -2.87. The molecule has 3 nitrogen and oxygen atoms in total. The van der Waals surface area contributed by atoms with Gasteiger partial charge in [0.25, 0.3) is 0 Å². The van der Waals surface area contributed by atoms with E-state index in [-0.39, 0.29) is 11.5 Å². The van der Waals surface area contributed by atoms with Crippen LogP contribution in [0.1, 0.15) is 27.4 Å². The Morgan fingerprint density at radius 1 is 1.21 bits per heavy atom. The van der Waals surface area contributed by atoms with E-state index in [1.807, 2.05) is 0 Å². The van der Waals surface area contributed by atoms with Gasteiger partial charge in [-0.1, -0.05) is 0 Å². The Kier molecular flexibility index (Phi) is 3.64. The molecule has 2 aromatic rings. The summed E-state index contributed by atoms with van der Waals surface area (Å²) in [6.45, 7) is 0.582. The fourth-order valence-electron chi connectivity index (χ4n) is 1.80. The van der Waals surface area contributed by atoms with E-state index in [1.165, 1.54) is 24.3 Å². The molecule has 1 aromatic carbocycles. The lowest BCUT2D eigenvalue weighted by atomic mass is 10.0. The minimum absolute atomic E-state index is 0.0200. The summed E-state index contributed by atoms with van der Waals surface area (Å²) in [6, 6.07) is 7.22. The van der Waals surface area contributed by atoms with Gasteiger partial charge in [0.15, 0.2) is 5.78 Å². The number of ether oxygens (including phenoxy) is 1. The van der Waals surface area contributed by atoms with Gasteiger partial charge in [-0.25, -0.2) is 0 Å². The molecule has 0 bridgehead atoms. The average molecular weight is 266 g/mol. The second-order valence-electron chi connectivity index (χ2n) is 4.06. The molecule has 1 heterocycles. The number of rotatable bonds is 4.